The van der Waals surface area contributed by atoms with Crippen LogP contribution in [-0.2, 0) is 11.3 Å². The van der Waals surface area contributed by atoms with Crippen LogP contribution in [0.15, 0.2) is 21.7 Å². The van der Waals surface area contributed by atoms with Crippen molar-refractivity contribution in [3.8, 4) is 11.5 Å². The van der Waals surface area contributed by atoms with Gasteiger partial charge < -0.3 is 29.8 Å². The number of rotatable bonds is 9. The number of fused-ring (bicyclic) bond motifs is 2. The largest absolute Gasteiger partial charge is 0.394 e. The van der Waals surface area contributed by atoms with Gasteiger partial charge in [-0.05, 0) is 43.5 Å². The van der Waals surface area contributed by atoms with Gasteiger partial charge in [0.05, 0.1) is 24.2 Å². The standard InChI is InChI=1S/C22H28N4O8/c1-4-5-6-17(30)34-26-21(32)18-20(24-22(26)33)25(9-15(28)19(31)16(29)10-27)14-8-12(3)11(2)7-13(14)23-18/h7-8,15-16,19,27-29,31H,4-6,9-10H2,1-3H3. The quantitative estimate of drug-likeness (QED) is 0.277. The van der Waals surface area contributed by atoms with Gasteiger partial charge in [-0.15, -0.1) is 0 Å². The smallest absolute Gasteiger partial charge is 0.386 e. The normalized spacial score (nSPS) is 14.3. The molecule has 2 aliphatic rings. The van der Waals surface area contributed by atoms with Crippen molar-refractivity contribution < 1.29 is 30.1 Å². The molecule has 0 radical (unpaired) electrons. The molecule has 3 atom stereocenters. The minimum atomic E-state index is -1.71. The Labute approximate surface area is 194 Å². The third kappa shape index (κ3) is 4.99. The second-order valence-corrected chi connectivity index (χ2v) is 8.19. The lowest BCUT2D eigenvalue weighted by molar-refractivity contribution is -0.145. The number of benzene rings is 1. The Kier molecular flexibility index (Phi) is 7.77. The van der Waals surface area contributed by atoms with Gasteiger partial charge in [0, 0.05) is 6.42 Å². The lowest BCUT2D eigenvalue weighted by atomic mass is 10.1. The van der Waals surface area contributed by atoms with E-state index in [0.717, 1.165) is 17.5 Å². The van der Waals surface area contributed by atoms with E-state index in [-0.39, 0.29) is 29.2 Å². The van der Waals surface area contributed by atoms with Gasteiger partial charge in [-0.25, -0.2) is 14.6 Å². The van der Waals surface area contributed by atoms with E-state index in [1.54, 1.807) is 12.1 Å². The van der Waals surface area contributed by atoms with Crippen molar-refractivity contribution in [2.45, 2.75) is 64.9 Å². The predicted octanol–water partition coefficient (Wildman–Crippen LogP) is -1.10. The molecule has 0 saturated heterocycles. The first-order valence-corrected chi connectivity index (χ1v) is 10.9. The van der Waals surface area contributed by atoms with Crippen molar-refractivity contribution in [3.05, 3.63) is 44.1 Å². The topological polar surface area (TPSA) is 177 Å². The van der Waals surface area contributed by atoms with Crippen molar-refractivity contribution in [2.75, 3.05) is 6.61 Å². The molecular formula is C22H28N4O8. The molecular weight excluding hydrogens is 448 g/mol. The van der Waals surface area contributed by atoms with Gasteiger partial charge in [-0.1, -0.05) is 18.1 Å². The molecule has 0 aliphatic carbocycles. The zero-order valence-corrected chi connectivity index (χ0v) is 19.1. The van der Waals surface area contributed by atoms with Crippen LogP contribution >= 0.6 is 0 Å². The number of hydrogen-bond donors (Lipinski definition) is 4. The molecule has 0 bridgehead atoms. The highest BCUT2D eigenvalue weighted by Crippen LogP contribution is 2.24. The summed E-state index contributed by atoms with van der Waals surface area (Å²) in [6.07, 6.45) is -3.66. The fourth-order valence-electron chi connectivity index (χ4n) is 3.47. The van der Waals surface area contributed by atoms with Gasteiger partial charge in [-0.2, -0.15) is 4.98 Å². The molecule has 2 heterocycles. The number of hydrogen-bond acceptors (Lipinski definition) is 10. The molecule has 0 fully saturated rings. The van der Waals surface area contributed by atoms with Crippen LogP contribution in [0.25, 0.3) is 22.6 Å². The summed E-state index contributed by atoms with van der Waals surface area (Å²) < 4.78 is 1.58. The van der Waals surface area contributed by atoms with E-state index in [1.165, 1.54) is 4.57 Å². The minimum absolute atomic E-state index is 0.0152. The van der Waals surface area contributed by atoms with Crippen LogP contribution in [0, 0.1) is 13.8 Å². The molecule has 1 aromatic rings. The van der Waals surface area contributed by atoms with Crippen LogP contribution < -0.4 is 16.1 Å². The Morgan fingerprint density at radius 3 is 2.41 bits per heavy atom. The summed E-state index contributed by atoms with van der Waals surface area (Å²) in [5.41, 5.74) is 0.0229. The lowest BCUT2D eigenvalue weighted by Crippen LogP contribution is -2.45. The van der Waals surface area contributed by atoms with Crippen LogP contribution in [0.2, 0.25) is 0 Å². The van der Waals surface area contributed by atoms with E-state index >= 15 is 0 Å². The Morgan fingerprint density at radius 2 is 1.76 bits per heavy atom. The van der Waals surface area contributed by atoms with Crippen molar-refractivity contribution in [1.29, 1.82) is 0 Å². The van der Waals surface area contributed by atoms with Crippen molar-refractivity contribution >= 4 is 17.0 Å². The van der Waals surface area contributed by atoms with E-state index in [4.69, 9.17) is 9.94 Å². The molecule has 0 spiro atoms. The Bertz CT molecular complexity index is 1280. The fourth-order valence-corrected chi connectivity index (χ4v) is 3.47. The Morgan fingerprint density at radius 1 is 1.09 bits per heavy atom. The molecule has 184 valence electrons. The third-order valence-corrected chi connectivity index (χ3v) is 5.62. The van der Waals surface area contributed by atoms with E-state index in [2.05, 4.69) is 9.97 Å². The summed E-state index contributed by atoms with van der Waals surface area (Å²) in [4.78, 5) is 50.8. The first-order valence-electron chi connectivity index (χ1n) is 10.9. The SMILES string of the molecule is CCCCC(=O)On1c(=O)nc2n(CC(O)C(O)C(O)CO)c3cc(C)c(C)cc3nc-2c1=O. The van der Waals surface area contributed by atoms with Crippen LogP contribution in [-0.4, -0.2) is 70.6 Å². The molecule has 34 heavy (non-hydrogen) atoms. The molecule has 0 amide bonds. The highest BCUT2D eigenvalue weighted by molar-refractivity contribution is 5.81. The number of aryl methyl sites for hydroxylation is 2. The van der Waals surface area contributed by atoms with Crippen LogP contribution in [0.3, 0.4) is 0 Å². The van der Waals surface area contributed by atoms with E-state index in [9.17, 15) is 29.7 Å². The lowest BCUT2D eigenvalue weighted by Gasteiger charge is -2.25. The zero-order chi connectivity index (χ0) is 25.2. The van der Waals surface area contributed by atoms with Gasteiger partial charge in [0.1, 0.15) is 18.3 Å². The highest BCUT2D eigenvalue weighted by atomic mass is 16.7. The third-order valence-electron chi connectivity index (χ3n) is 5.62. The monoisotopic (exact) mass is 476 g/mol. The second-order valence-electron chi connectivity index (χ2n) is 8.19. The highest BCUT2D eigenvalue weighted by Gasteiger charge is 2.29. The maximum absolute atomic E-state index is 13.1. The molecule has 0 aromatic heterocycles. The number of aliphatic hydroxyl groups is 4. The van der Waals surface area contributed by atoms with Gasteiger partial charge in [-0.3, -0.25) is 4.79 Å². The van der Waals surface area contributed by atoms with Gasteiger partial charge in [0.15, 0.2) is 11.5 Å². The van der Waals surface area contributed by atoms with Crippen molar-refractivity contribution in [3.63, 3.8) is 0 Å². The summed E-state index contributed by atoms with van der Waals surface area (Å²) in [5.74, 6) is -0.963. The zero-order valence-electron chi connectivity index (χ0n) is 19.1. The number of aliphatic hydroxyl groups excluding tert-OH is 4. The number of unbranched alkanes of at least 4 members (excludes halogenated alkanes) is 1. The van der Waals surface area contributed by atoms with Crippen LogP contribution in [0.4, 0.5) is 0 Å². The average molecular weight is 476 g/mol. The molecule has 3 unspecified atom stereocenters. The van der Waals surface area contributed by atoms with E-state index in [1.807, 2.05) is 20.8 Å². The first-order chi connectivity index (χ1) is 16.1. The average Bonchev–Trinajstić information content (AvgIpc) is 2.81. The fraction of sp³-hybridized carbons (Fsp3) is 0.500. The second kappa shape index (κ2) is 10.4. The summed E-state index contributed by atoms with van der Waals surface area (Å²) in [6, 6.07) is 3.43. The molecule has 12 heteroatoms. The predicted molar refractivity (Wildman–Crippen MR) is 120 cm³/mol. The van der Waals surface area contributed by atoms with Gasteiger partial charge in [0.2, 0.25) is 0 Å². The Hall–Kier alpha value is -3.19. The summed E-state index contributed by atoms with van der Waals surface area (Å²) in [7, 11) is 0. The van der Waals surface area contributed by atoms with Crippen LogP contribution in [0.5, 0.6) is 0 Å². The molecule has 1 aromatic carbocycles. The molecule has 0 saturated carbocycles. The number of nitrogens with zero attached hydrogens (tertiary/aromatic N) is 4. The minimum Gasteiger partial charge on any atom is -0.394 e. The summed E-state index contributed by atoms with van der Waals surface area (Å²) >= 11 is 0. The number of carbonyl (C=O) groups is 1. The molecule has 2 aliphatic heterocycles. The van der Waals surface area contributed by atoms with E-state index in [0.29, 0.717) is 17.5 Å². The first kappa shape index (κ1) is 25.4. The molecule has 12 nitrogen and oxygen atoms in total. The van der Waals surface area contributed by atoms with Crippen molar-refractivity contribution in [1.82, 2.24) is 19.3 Å². The number of aromatic nitrogens is 4. The van der Waals surface area contributed by atoms with Gasteiger partial charge >= 0.3 is 17.2 Å². The van der Waals surface area contributed by atoms with Gasteiger partial charge in [0.25, 0.3) is 0 Å². The number of carbonyl (C=O) groups excluding carboxylic acids is 1. The summed E-state index contributed by atoms with van der Waals surface area (Å²) in [6.45, 7) is 4.38. The summed E-state index contributed by atoms with van der Waals surface area (Å²) in [5, 5.41) is 39.4. The molecule has 3 rings (SSSR count). The van der Waals surface area contributed by atoms with E-state index < -0.39 is 42.1 Å². The van der Waals surface area contributed by atoms with Crippen LogP contribution in [0.1, 0.15) is 37.3 Å². The Balaban J connectivity index is 2.23. The maximum Gasteiger partial charge on any atom is 0.386 e. The maximum atomic E-state index is 13.1. The van der Waals surface area contributed by atoms with Crippen molar-refractivity contribution in [2.24, 2.45) is 0 Å². The molecule has 4 N–H and O–H groups in total.